The van der Waals surface area contributed by atoms with Gasteiger partial charge in [-0.15, -0.1) is 0 Å². The van der Waals surface area contributed by atoms with E-state index in [1.165, 1.54) is 20.1 Å². The third kappa shape index (κ3) is 2.56. The molecule has 0 fully saturated rings. The summed E-state index contributed by atoms with van der Waals surface area (Å²) in [5.74, 6) is -0.353. The summed E-state index contributed by atoms with van der Waals surface area (Å²) in [4.78, 5) is 22.5. The smallest absolute Gasteiger partial charge is 0.343 e. The van der Waals surface area contributed by atoms with Crippen LogP contribution in [0.1, 0.15) is 17.3 Å². The normalized spacial score (nSPS) is 10.3. The van der Waals surface area contributed by atoms with Crippen LogP contribution in [0, 0.1) is 0 Å². The van der Waals surface area contributed by atoms with Crippen molar-refractivity contribution in [2.75, 3.05) is 13.7 Å². The van der Waals surface area contributed by atoms with Crippen molar-refractivity contribution in [2.45, 2.75) is 6.92 Å². The maximum Gasteiger partial charge on any atom is 0.343 e. The fourth-order valence-electron chi connectivity index (χ4n) is 1.92. The second-order valence-corrected chi connectivity index (χ2v) is 4.23. The summed E-state index contributed by atoms with van der Waals surface area (Å²) in [5.41, 5.74) is 0.252. The van der Waals surface area contributed by atoms with Crippen LogP contribution in [0.25, 0.3) is 10.8 Å². The van der Waals surface area contributed by atoms with Crippen molar-refractivity contribution in [1.29, 1.82) is 0 Å². The molecule has 0 spiro atoms. The van der Waals surface area contributed by atoms with Crippen LogP contribution in [0.2, 0.25) is 0 Å². The Morgan fingerprint density at radius 3 is 2.55 bits per heavy atom. The molecule has 2 rings (SSSR count). The van der Waals surface area contributed by atoms with Gasteiger partial charge in [0.2, 0.25) is 0 Å². The Morgan fingerprint density at radius 1 is 1.15 bits per heavy atom. The Hall–Kier alpha value is -2.56. The van der Waals surface area contributed by atoms with E-state index in [9.17, 15) is 14.7 Å². The maximum absolute atomic E-state index is 11.4. The fraction of sp³-hybridized carbons (Fsp3) is 0.200. The molecule has 0 heterocycles. The second-order valence-electron chi connectivity index (χ2n) is 4.23. The van der Waals surface area contributed by atoms with Gasteiger partial charge in [-0.05, 0) is 25.1 Å². The van der Waals surface area contributed by atoms with E-state index in [-0.39, 0.29) is 23.7 Å². The largest absolute Gasteiger partial charge is 0.507 e. The number of hydrogen-bond acceptors (Lipinski definition) is 5. The SMILES string of the molecule is COC(=O)COc1cccc2c(O)c(C(C)=O)ccc12. The van der Waals surface area contributed by atoms with Crippen LogP contribution >= 0.6 is 0 Å². The lowest BCUT2D eigenvalue weighted by Gasteiger charge is -2.10. The average molecular weight is 274 g/mol. The topological polar surface area (TPSA) is 72.8 Å². The van der Waals surface area contributed by atoms with Crippen LogP contribution in [0.15, 0.2) is 30.3 Å². The monoisotopic (exact) mass is 274 g/mol. The zero-order chi connectivity index (χ0) is 14.7. The summed E-state index contributed by atoms with van der Waals surface area (Å²) in [7, 11) is 1.28. The van der Waals surface area contributed by atoms with E-state index in [0.717, 1.165) is 0 Å². The summed E-state index contributed by atoms with van der Waals surface area (Å²) < 4.78 is 9.86. The first-order chi connectivity index (χ1) is 9.54. The summed E-state index contributed by atoms with van der Waals surface area (Å²) in [5, 5.41) is 11.2. The van der Waals surface area contributed by atoms with E-state index in [4.69, 9.17) is 4.74 Å². The van der Waals surface area contributed by atoms with Crippen LogP contribution in [0.4, 0.5) is 0 Å². The number of carbonyl (C=O) groups is 2. The molecule has 0 atom stereocenters. The highest BCUT2D eigenvalue weighted by molar-refractivity contribution is 6.04. The van der Waals surface area contributed by atoms with Crippen LogP contribution in [-0.2, 0) is 9.53 Å². The molecule has 0 radical (unpaired) electrons. The molecule has 0 aromatic heterocycles. The Kier molecular flexibility index (Phi) is 3.89. The molecule has 0 aliphatic carbocycles. The number of carbonyl (C=O) groups excluding carboxylic acids is 2. The molecule has 2 aromatic carbocycles. The summed E-state index contributed by atoms with van der Waals surface area (Å²) >= 11 is 0. The highest BCUT2D eigenvalue weighted by Crippen LogP contribution is 2.34. The van der Waals surface area contributed by atoms with E-state index in [2.05, 4.69) is 4.74 Å². The zero-order valence-corrected chi connectivity index (χ0v) is 11.2. The molecule has 5 heteroatoms. The summed E-state index contributed by atoms with van der Waals surface area (Å²) in [6.07, 6.45) is 0. The molecule has 0 unspecified atom stereocenters. The van der Waals surface area contributed by atoms with E-state index >= 15 is 0 Å². The van der Waals surface area contributed by atoms with Gasteiger partial charge < -0.3 is 14.6 Å². The van der Waals surface area contributed by atoms with Gasteiger partial charge in [-0.1, -0.05) is 12.1 Å². The van der Waals surface area contributed by atoms with Gasteiger partial charge in [0.05, 0.1) is 12.7 Å². The van der Waals surface area contributed by atoms with Gasteiger partial charge in [0.15, 0.2) is 12.4 Å². The number of esters is 1. The zero-order valence-electron chi connectivity index (χ0n) is 11.2. The van der Waals surface area contributed by atoms with Crippen molar-refractivity contribution in [3.63, 3.8) is 0 Å². The Labute approximate surface area is 115 Å². The minimum atomic E-state index is -0.494. The summed E-state index contributed by atoms with van der Waals surface area (Å²) in [6.45, 7) is 1.17. The molecule has 0 aliphatic rings. The number of ketones is 1. The minimum Gasteiger partial charge on any atom is -0.507 e. The molecule has 0 aliphatic heterocycles. The lowest BCUT2D eigenvalue weighted by Crippen LogP contribution is -2.12. The molecule has 0 amide bonds. The first kappa shape index (κ1) is 13.9. The van der Waals surface area contributed by atoms with E-state index in [1.807, 2.05) is 0 Å². The van der Waals surface area contributed by atoms with E-state index in [1.54, 1.807) is 24.3 Å². The Morgan fingerprint density at radius 2 is 1.90 bits per heavy atom. The number of benzene rings is 2. The third-order valence-corrected chi connectivity index (χ3v) is 2.95. The predicted molar refractivity (Wildman–Crippen MR) is 73.1 cm³/mol. The van der Waals surface area contributed by atoms with Crippen molar-refractivity contribution in [3.8, 4) is 11.5 Å². The number of hydrogen-bond donors (Lipinski definition) is 1. The highest BCUT2D eigenvalue weighted by Gasteiger charge is 2.13. The van der Waals surface area contributed by atoms with E-state index < -0.39 is 5.97 Å². The molecular formula is C15H14O5. The van der Waals surface area contributed by atoms with Gasteiger partial charge in [-0.2, -0.15) is 0 Å². The summed E-state index contributed by atoms with van der Waals surface area (Å²) in [6, 6.07) is 8.25. The average Bonchev–Trinajstić information content (AvgIpc) is 2.44. The van der Waals surface area contributed by atoms with Crippen molar-refractivity contribution < 1.29 is 24.2 Å². The fourth-order valence-corrected chi connectivity index (χ4v) is 1.92. The number of phenols is 1. The number of fused-ring (bicyclic) bond motifs is 1. The van der Waals surface area contributed by atoms with Gasteiger partial charge in [0, 0.05) is 10.8 Å². The Balaban J connectivity index is 2.46. The number of aromatic hydroxyl groups is 1. The van der Waals surface area contributed by atoms with Crippen molar-refractivity contribution in [3.05, 3.63) is 35.9 Å². The first-order valence-electron chi connectivity index (χ1n) is 6.00. The highest BCUT2D eigenvalue weighted by atomic mass is 16.6. The van der Waals surface area contributed by atoms with Gasteiger partial charge in [-0.25, -0.2) is 4.79 Å². The molecule has 0 bridgehead atoms. The molecule has 104 valence electrons. The predicted octanol–water partition coefficient (Wildman–Crippen LogP) is 2.30. The van der Waals surface area contributed by atoms with Gasteiger partial charge in [-0.3, -0.25) is 4.79 Å². The van der Waals surface area contributed by atoms with Gasteiger partial charge in [0.25, 0.3) is 0 Å². The number of phenolic OH excluding ortho intramolecular Hbond substituents is 1. The molecule has 0 saturated heterocycles. The van der Waals surface area contributed by atoms with Crippen molar-refractivity contribution >= 4 is 22.5 Å². The van der Waals surface area contributed by atoms with Crippen LogP contribution in [-0.4, -0.2) is 30.6 Å². The standard InChI is InChI=1S/C15H14O5/c1-9(16)10-6-7-11-12(15(10)18)4-3-5-13(11)20-8-14(17)19-2/h3-7,18H,8H2,1-2H3. The maximum atomic E-state index is 11.4. The molecule has 20 heavy (non-hydrogen) atoms. The number of rotatable bonds is 4. The van der Waals surface area contributed by atoms with Crippen LogP contribution in [0.3, 0.4) is 0 Å². The number of methoxy groups -OCH3 is 1. The van der Waals surface area contributed by atoms with Gasteiger partial charge in [0.1, 0.15) is 11.5 Å². The van der Waals surface area contributed by atoms with E-state index in [0.29, 0.717) is 16.5 Å². The molecule has 0 saturated carbocycles. The van der Waals surface area contributed by atoms with Crippen molar-refractivity contribution in [2.24, 2.45) is 0 Å². The molecule has 1 N–H and O–H groups in total. The minimum absolute atomic E-state index is 0.0847. The molecular weight excluding hydrogens is 260 g/mol. The quantitative estimate of drug-likeness (QED) is 0.684. The number of Topliss-reactive ketones (excluding diaryl/α,β-unsaturated/α-hetero) is 1. The van der Waals surface area contributed by atoms with Crippen molar-refractivity contribution in [1.82, 2.24) is 0 Å². The molecule has 5 nitrogen and oxygen atoms in total. The van der Waals surface area contributed by atoms with Crippen LogP contribution < -0.4 is 4.74 Å². The second kappa shape index (κ2) is 5.61. The first-order valence-corrected chi connectivity index (χ1v) is 6.00. The number of ether oxygens (including phenoxy) is 2. The molecule has 2 aromatic rings. The third-order valence-electron chi connectivity index (χ3n) is 2.95. The van der Waals surface area contributed by atoms with Gasteiger partial charge >= 0.3 is 5.97 Å². The lowest BCUT2D eigenvalue weighted by atomic mass is 10.0. The lowest BCUT2D eigenvalue weighted by molar-refractivity contribution is -0.142. The Bertz CT molecular complexity index is 675. The van der Waals surface area contributed by atoms with Crippen LogP contribution in [0.5, 0.6) is 11.5 Å².